The molecule has 4 nitrogen and oxygen atoms in total. The van der Waals surface area contributed by atoms with Gasteiger partial charge in [-0.15, -0.1) is 0 Å². The van der Waals surface area contributed by atoms with E-state index in [2.05, 4.69) is 15.9 Å². The maximum absolute atomic E-state index is 11.5. The van der Waals surface area contributed by atoms with Gasteiger partial charge in [0, 0.05) is 9.89 Å². The van der Waals surface area contributed by atoms with Gasteiger partial charge in [0.05, 0.1) is 6.61 Å². The van der Waals surface area contributed by atoms with Crippen LogP contribution < -0.4 is 0 Å². The van der Waals surface area contributed by atoms with Gasteiger partial charge in [-0.1, -0.05) is 48.0 Å². The summed E-state index contributed by atoms with van der Waals surface area (Å²) in [6.45, 7) is 4.07. The number of phosphoric acid groups is 1. The second-order valence-corrected chi connectivity index (χ2v) is 7.00. The van der Waals surface area contributed by atoms with Crippen LogP contribution in [-0.4, -0.2) is 11.5 Å². The fourth-order valence-corrected chi connectivity index (χ4v) is 3.51. The smallest absolute Gasteiger partial charge is 0.302 e. The van der Waals surface area contributed by atoms with Gasteiger partial charge in [0.25, 0.3) is 0 Å². The first-order valence-corrected chi connectivity index (χ1v) is 7.51. The lowest BCUT2D eigenvalue weighted by molar-refractivity contribution is -0.0475. The van der Waals surface area contributed by atoms with Crippen molar-refractivity contribution in [3.05, 3.63) is 34.3 Å². The maximum Gasteiger partial charge on any atom is 0.472 e. The molecule has 1 fully saturated rings. The van der Waals surface area contributed by atoms with Crippen molar-refractivity contribution in [1.29, 1.82) is 0 Å². The van der Waals surface area contributed by atoms with Crippen molar-refractivity contribution in [2.75, 3.05) is 6.61 Å². The quantitative estimate of drug-likeness (QED) is 0.802. The van der Waals surface area contributed by atoms with E-state index in [4.69, 9.17) is 9.05 Å². The highest BCUT2D eigenvalue weighted by Crippen LogP contribution is 2.58. The van der Waals surface area contributed by atoms with Gasteiger partial charge >= 0.3 is 7.82 Å². The molecule has 0 bridgehead atoms. The van der Waals surface area contributed by atoms with Gasteiger partial charge in [0.15, 0.2) is 0 Å². The molecule has 0 aliphatic carbocycles. The molecule has 94 valence electrons. The lowest BCUT2D eigenvalue weighted by atomic mass is 9.83. The van der Waals surface area contributed by atoms with Crippen LogP contribution in [-0.2, 0) is 13.6 Å². The van der Waals surface area contributed by atoms with Gasteiger partial charge in [-0.2, -0.15) is 0 Å². The third-order valence-electron chi connectivity index (χ3n) is 2.74. The Labute approximate surface area is 109 Å². The summed E-state index contributed by atoms with van der Waals surface area (Å²) in [5.41, 5.74) is 0.496. The molecule has 6 heteroatoms. The lowest BCUT2D eigenvalue weighted by Crippen LogP contribution is -2.33. The highest BCUT2D eigenvalue weighted by atomic mass is 79.9. The first-order chi connectivity index (χ1) is 7.82. The van der Waals surface area contributed by atoms with Crippen LogP contribution in [0, 0.1) is 5.41 Å². The molecular formula is C11H14BrO4P. The monoisotopic (exact) mass is 320 g/mol. The number of benzene rings is 1. The molecule has 2 rings (SSSR count). The summed E-state index contributed by atoms with van der Waals surface area (Å²) < 4.78 is 22.4. The molecule has 1 aromatic carbocycles. The third-order valence-corrected chi connectivity index (χ3v) is 4.39. The Morgan fingerprint density at radius 2 is 2.12 bits per heavy atom. The minimum Gasteiger partial charge on any atom is -0.302 e. The molecular weight excluding hydrogens is 307 g/mol. The Balaban J connectivity index is 2.41. The fraction of sp³-hybridized carbons (Fsp3) is 0.455. The summed E-state index contributed by atoms with van der Waals surface area (Å²) in [6.07, 6.45) is -0.470. The van der Waals surface area contributed by atoms with E-state index < -0.39 is 13.9 Å². The molecule has 1 aliphatic heterocycles. The average molecular weight is 321 g/mol. The molecule has 0 amide bonds. The Hall–Kier alpha value is -0.190. The van der Waals surface area contributed by atoms with Gasteiger partial charge in [-0.05, 0) is 11.6 Å². The molecule has 1 aliphatic rings. The van der Waals surface area contributed by atoms with Crippen LogP contribution in [0.15, 0.2) is 28.7 Å². The van der Waals surface area contributed by atoms with Crippen molar-refractivity contribution in [1.82, 2.24) is 0 Å². The van der Waals surface area contributed by atoms with Crippen LogP contribution in [0.4, 0.5) is 0 Å². The zero-order valence-corrected chi connectivity index (χ0v) is 12.1. The van der Waals surface area contributed by atoms with Gasteiger partial charge in [0.1, 0.15) is 6.10 Å². The number of rotatable bonds is 1. The Kier molecular flexibility index (Phi) is 3.49. The number of phosphoric ester groups is 1. The molecule has 1 aromatic rings. The highest BCUT2D eigenvalue weighted by molar-refractivity contribution is 9.10. The third kappa shape index (κ3) is 2.80. The molecule has 1 heterocycles. The topological polar surface area (TPSA) is 55.8 Å². The van der Waals surface area contributed by atoms with Crippen LogP contribution >= 0.6 is 23.8 Å². The lowest BCUT2D eigenvalue weighted by Gasteiger charge is -2.39. The molecule has 0 radical (unpaired) electrons. The molecule has 0 spiro atoms. The van der Waals surface area contributed by atoms with E-state index in [1.807, 2.05) is 38.1 Å². The van der Waals surface area contributed by atoms with Crippen molar-refractivity contribution in [3.8, 4) is 0 Å². The Bertz CT molecular complexity index is 474. The first kappa shape index (κ1) is 13.2. The second-order valence-electron chi connectivity index (χ2n) is 4.74. The van der Waals surface area contributed by atoms with E-state index in [-0.39, 0.29) is 12.0 Å². The molecule has 0 saturated carbocycles. The van der Waals surface area contributed by atoms with E-state index in [0.29, 0.717) is 0 Å². The average Bonchev–Trinajstić information content (AvgIpc) is 2.23. The van der Waals surface area contributed by atoms with E-state index in [1.54, 1.807) is 0 Å². The van der Waals surface area contributed by atoms with Crippen LogP contribution in [0.3, 0.4) is 0 Å². The van der Waals surface area contributed by atoms with E-state index in [1.165, 1.54) is 0 Å². The first-order valence-electron chi connectivity index (χ1n) is 5.22. The number of halogens is 1. The zero-order chi connectivity index (χ0) is 12.7. The van der Waals surface area contributed by atoms with Crippen LogP contribution in [0.2, 0.25) is 0 Å². The SMILES string of the molecule is CC1(C)COP(=O)(O)O[C@@H]1c1ccccc1Br. The Morgan fingerprint density at radius 3 is 2.76 bits per heavy atom. The maximum atomic E-state index is 11.5. The minimum absolute atomic E-state index is 0.187. The van der Waals surface area contributed by atoms with Gasteiger partial charge in [-0.25, -0.2) is 4.57 Å². The van der Waals surface area contributed by atoms with Gasteiger partial charge < -0.3 is 4.89 Å². The summed E-state index contributed by atoms with van der Waals surface area (Å²) in [5.74, 6) is 0. The van der Waals surface area contributed by atoms with Gasteiger partial charge in [-0.3, -0.25) is 9.05 Å². The molecule has 1 unspecified atom stereocenters. The number of hydrogen-bond acceptors (Lipinski definition) is 3. The standard InChI is InChI=1S/C11H14BrO4P/c1-11(2)7-15-17(13,14)16-10(11)8-5-3-4-6-9(8)12/h3-6,10H,7H2,1-2H3,(H,13,14)/t10-/m1/s1. The van der Waals surface area contributed by atoms with E-state index in [9.17, 15) is 9.46 Å². The van der Waals surface area contributed by atoms with Crippen molar-refractivity contribution < 1.29 is 18.5 Å². The fourth-order valence-electron chi connectivity index (χ4n) is 1.80. The van der Waals surface area contributed by atoms with Crippen LogP contribution in [0.25, 0.3) is 0 Å². The highest BCUT2D eigenvalue weighted by Gasteiger charge is 2.44. The molecule has 0 aromatic heterocycles. The molecule has 2 atom stereocenters. The summed E-state index contributed by atoms with van der Waals surface area (Å²) in [5, 5.41) is 0. The van der Waals surface area contributed by atoms with Gasteiger partial charge in [0.2, 0.25) is 0 Å². The molecule has 17 heavy (non-hydrogen) atoms. The Morgan fingerprint density at radius 1 is 1.47 bits per heavy atom. The van der Waals surface area contributed by atoms with E-state index in [0.717, 1.165) is 10.0 Å². The second kappa shape index (κ2) is 4.48. The number of hydrogen-bond donors (Lipinski definition) is 1. The van der Waals surface area contributed by atoms with Crippen molar-refractivity contribution in [3.63, 3.8) is 0 Å². The van der Waals surface area contributed by atoms with Crippen molar-refractivity contribution >= 4 is 23.8 Å². The summed E-state index contributed by atoms with van der Waals surface area (Å²) in [4.78, 5) is 9.43. The largest absolute Gasteiger partial charge is 0.472 e. The predicted octanol–water partition coefficient (Wildman–Crippen LogP) is 3.66. The van der Waals surface area contributed by atoms with Crippen LogP contribution in [0.5, 0.6) is 0 Å². The summed E-state index contributed by atoms with van der Waals surface area (Å²) in [7, 11) is -3.93. The summed E-state index contributed by atoms with van der Waals surface area (Å²) in [6, 6.07) is 7.52. The minimum atomic E-state index is -3.93. The van der Waals surface area contributed by atoms with Crippen molar-refractivity contribution in [2.45, 2.75) is 20.0 Å². The molecule has 1 saturated heterocycles. The zero-order valence-electron chi connectivity index (χ0n) is 9.59. The molecule has 1 N–H and O–H groups in total. The predicted molar refractivity (Wildman–Crippen MR) is 67.5 cm³/mol. The normalized spacial score (nSPS) is 32.4. The summed E-state index contributed by atoms with van der Waals surface area (Å²) >= 11 is 3.43. The van der Waals surface area contributed by atoms with Crippen molar-refractivity contribution in [2.24, 2.45) is 5.41 Å². The van der Waals surface area contributed by atoms with Crippen LogP contribution in [0.1, 0.15) is 25.5 Å². The van der Waals surface area contributed by atoms with E-state index >= 15 is 0 Å².